The van der Waals surface area contributed by atoms with E-state index >= 15 is 0 Å². The van der Waals surface area contributed by atoms with Crippen molar-refractivity contribution in [2.24, 2.45) is 5.73 Å². The number of aryl methyl sites for hydroxylation is 3. The van der Waals surface area contributed by atoms with Crippen molar-refractivity contribution in [1.29, 1.82) is 0 Å². The topological polar surface area (TPSA) is 38.0 Å². The lowest BCUT2D eigenvalue weighted by atomic mass is 9.94. The van der Waals surface area contributed by atoms with Gasteiger partial charge in [-0.15, -0.1) is 0 Å². The van der Waals surface area contributed by atoms with Gasteiger partial charge in [0.1, 0.15) is 0 Å². The van der Waals surface area contributed by atoms with Crippen molar-refractivity contribution in [3.05, 3.63) is 70.3 Å². The second-order valence-corrected chi connectivity index (χ2v) is 5.47. The number of rotatable bonds is 5. The summed E-state index contributed by atoms with van der Waals surface area (Å²) in [6.07, 6.45) is 0. The van der Waals surface area contributed by atoms with Crippen LogP contribution in [0.1, 0.15) is 33.9 Å². The predicted octanol–water partition coefficient (Wildman–Crippen LogP) is 3.40. The Balaban J connectivity index is 2.17. The fraction of sp³-hybridized carbons (Fsp3) is 0.333. The Labute approximate surface area is 122 Å². The second-order valence-electron chi connectivity index (χ2n) is 5.47. The Kier molecular flexibility index (Phi) is 4.94. The van der Waals surface area contributed by atoms with Gasteiger partial charge in [-0.2, -0.15) is 0 Å². The van der Waals surface area contributed by atoms with E-state index in [9.17, 15) is 0 Å². The van der Waals surface area contributed by atoms with Crippen molar-refractivity contribution in [2.75, 3.05) is 6.54 Å². The highest BCUT2D eigenvalue weighted by Gasteiger charge is 2.14. The highest BCUT2D eigenvalue weighted by atomic mass is 14.9. The molecular formula is C18H24N2. The quantitative estimate of drug-likeness (QED) is 0.872. The lowest BCUT2D eigenvalue weighted by Gasteiger charge is -2.22. The van der Waals surface area contributed by atoms with E-state index in [1.165, 1.54) is 27.8 Å². The molecule has 2 rings (SSSR count). The number of benzene rings is 2. The molecule has 0 aliphatic carbocycles. The van der Waals surface area contributed by atoms with Crippen LogP contribution in [0, 0.1) is 20.8 Å². The van der Waals surface area contributed by atoms with Gasteiger partial charge < -0.3 is 11.1 Å². The van der Waals surface area contributed by atoms with Crippen LogP contribution in [0.4, 0.5) is 0 Å². The molecule has 0 bridgehead atoms. The monoisotopic (exact) mass is 268 g/mol. The minimum Gasteiger partial charge on any atom is -0.329 e. The molecule has 0 radical (unpaired) electrons. The van der Waals surface area contributed by atoms with Gasteiger partial charge in [0.2, 0.25) is 0 Å². The summed E-state index contributed by atoms with van der Waals surface area (Å²) in [4.78, 5) is 0. The van der Waals surface area contributed by atoms with Gasteiger partial charge in [-0.1, -0.05) is 48.0 Å². The van der Waals surface area contributed by atoms with Gasteiger partial charge in [0.05, 0.1) is 0 Å². The van der Waals surface area contributed by atoms with Crippen molar-refractivity contribution in [3.8, 4) is 0 Å². The molecule has 2 aromatic carbocycles. The molecule has 2 nitrogen and oxygen atoms in total. The zero-order valence-corrected chi connectivity index (χ0v) is 12.6. The van der Waals surface area contributed by atoms with Crippen LogP contribution >= 0.6 is 0 Å². The highest BCUT2D eigenvalue weighted by molar-refractivity contribution is 5.40. The van der Waals surface area contributed by atoms with Crippen molar-refractivity contribution in [3.63, 3.8) is 0 Å². The van der Waals surface area contributed by atoms with Crippen LogP contribution in [0.5, 0.6) is 0 Å². The fourth-order valence-corrected chi connectivity index (χ4v) is 2.88. The minimum atomic E-state index is 0.204. The van der Waals surface area contributed by atoms with Crippen LogP contribution in [0.2, 0.25) is 0 Å². The predicted molar refractivity (Wildman–Crippen MR) is 85.7 cm³/mol. The molecule has 106 valence electrons. The van der Waals surface area contributed by atoms with Crippen LogP contribution in [0.15, 0.2) is 42.5 Å². The molecule has 0 aliphatic rings. The van der Waals surface area contributed by atoms with Crippen molar-refractivity contribution < 1.29 is 0 Å². The molecule has 0 saturated carbocycles. The molecule has 20 heavy (non-hydrogen) atoms. The lowest BCUT2D eigenvalue weighted by molar-refractivity contribution is 0.537. The van der Waals surface area contributed by atoms with E-state index in [0.717, 1.165) is 6.54 Å². The third-order valence-electron chi connectivity index (χ3n) is 3.72. The average molecular weight is 268 g/mol. The van der Waals surface area contributed by atoms with Crippen LogP contribution in [0.25, 0.3) is 0 Å². The first-order valence-electron chi connectivity index (χ1n) is 7.17. The SMILES string of the molecule is Cc1cc(C)c(C(CN)NCc2ccccc2)c(C)c1. The fourth-order valence-electron chi connectivity index (χ4n) is 2.88. The van der Waals surface area contributed by atoms with Crippen molar-refractivity contribution in [2.45, 2.75) is 33.4 Å². The van der Waals surface area contributed by atoms with Gasteiger partial charge in [-0.25, -0.2) is 0 Å². The third kappa shape index (κ3) is 3.47. The van der Waals surface area contributed by atoms with E-state index < -0.39 is 0 Å². The van der Waals surface area contributed by atoms with Crippen molar-refractivity contribution in [1.82, 2.24) is 5.32 Å². The normalized spacial score (nSPS) is 12.4. The standard InChI is InChI=1S/C18H24N2/c1-13-9-14(2)18(15(3)10-13)17(11-19)20-12-16-7-5-4-6-8-16/h4-10,17,20H,11-12,19H2,1-3H3. The van der Waals surface area contributed by atoms with Crippen LogP contribution in [0.3, 0.4) is 0 Å². The first-order chi connectivity index (χ1) is 9.61. The van der Waals surface area contributed by atoms with E-state index in [-0.39, 0.29) is 6.04 Å². The molecule has 0 fully saturated rings. The van der Waals surface area contributed by atoms with Crippen molar-refractivity contribution >= 4 is 0 Å². The minimum absolute atomic E-state index is 0.204. The summed E-state index contributed by atoms with van der Waals surface area (Å²) in [7, 11) is 0. The summed E-state index contributed by atoms with van der Waals surface area (Å²) in [5, 5.41) is 3.58. The Morgan fingerprint density at radius 1 is 1.00 bits per heavy atom. The maximum Gasteiger partial charge on any atom is 0.0452 e. The van der Waals surface area contributed by atoms with Crippen LogP contribution in [-0.2, 0) is 6.54 Å². The summed E-state index contributed by atoms with van der Waals surface area (Å²) in [5.74, 6) is 0. The third-order valence-corrected chi connectivity index (χ3v) is 3.72. The largest absolute Gasteiger partial charge is 0.329 e. The smallest absolute Gasteiger partial charge is 0.0452 e. The number of hydrogen-bond donors (Lipinski definition) is 2. The van der Waals surface area contributed by atoms with E-state index in [4.69, 9.17) is 5.73 Å². The molecule has 2 heteroatoms. The first-order valence-corrected chi connectivity index (χ1v) is 7.17. The van der Waals surface area contributed by atoms with Gasteiger partial charge in [-0.05, 0) is 43.0 Å². The van der Waals surface area contributed by atoms with Gasteiger partial charge in [0.25, 0.3) is 0 Å². The molecule has 1 atom stereocenters. The van der Waals surface area contributed by atoms with Gasteiger partial charge >= 0.3 is 0 Å². The molecule has 0 spiro atoms. The zero-order valence-electron chi connectivity index (χ0n) is 12.6. The highest BCUT2D eigenvalue weighted by Crippen LogP contribution is 2.23. The van der Waals surface area contributed by atoms with Crippen LogP contribution < -0.4 is 11.1 Å². The zero-order chi connectivity index (χ0) is 14.5. The first kappa shape index (κ1) is 14.8. The lowest BCUT2D eigenvalue weighted by Crippen LogP contribution is -2.29. The molecule has 0 heterocycles. The molecule has 0 amide bonds. The second kappa shape index (κ2) is 6.69. The number of nitrogens with one attached hydrogen (secondary N) is 1. The summed E-state index contributed by atoms with van der Waals surface area (Å²) in [6.45, 7) is 7.93. The Morgan fingerprint density at radius 2 is 1.60 bits per heavy atom. The molecule has 2 aromatic rings. The Bertz CT molecular complexity index is 538. The summed E-state index contributed by atoms with van der Waals surface area (Å²) in [6, 6.07) is 15.1. The van der Waals surface area contributed by atoms with Crippen LogP contribution in [-0.4, -0.2) is 6.54 Å². The summed E-state index contributed by atoms with van der Waals surface area (Å²) < 4.78 is 0. The molecular weight excluding hydrogens is 244 g/mol. The van der Waals surface area contributed by atoms with E-state index in [0.29, 0.717) is 6.54 Å². The molecule has 3 N–H and O–H groups in total. The Hall–Kier alpha value is -1.64. The van der Waals surface area contributed by atoms with E-state index in [1.54, 1.807) is 0 Å². The number of nitrogens with two attached hydrogens (primary N) is 1. The summed E-state index contributed by atoms with van der Waals surface area (Å²) >= 11 is 0. The molecule has 1 unspecified atom stereocenters. The average Bonchev–Trinajstić information content (AvgIpc) is 2.42. The van der Waals surface area contributed by atoms with Gasteiger partial charge in [-0.3, -0.25) is 0 Å². The van der Waals surface area contributed by atoms with Gasteiger partial charge in [0.15, 0.2) is 0 Å². The Morgan fingerprint density at radius 3 is 2.15 bits per heavy atom. The van der Waals surface area contributed by atoms with E-state index in [1.807, 2.05) is 6.07 Å². The molecule has 0 aliphatic heterocycles. The maximum atomic E-state index is 5.98. The molecule has 0 aromatic heterocycles. The summed E-state index contributed by atoms with van der Waals surface area (Å²) in [5.41, 5.74) is 12.6. The molecule has 0 saturated heterocycles. The van der Waals surface area contributed by atoms with E-state index in [2.05, 4.69) is 62.5 Å². The number of hydrogen-bond acceptors (Lipinski definition) is 2. The van der Waals surface area contributed by atoms with Gasteiger partial charge in [0, 0.05) is 19.1 Å². The maximum absolute atomic E-state index is 5.98.